The number of halogens is 3. The number of hydrogen-bond donors (Lipinski definition) is 1. The van der Waals surface area contributed by atoms with Gasteiger partial charge in [-0.05, 0) is 31.7 Å². The van der Waals surface area contributed by atoms with Crippen LogP contribution in [0.4, 0.5) is 13.2 Å². The smallest absolute Gasteiger partial charge is 0.336 e. The van der Waals surface area contributed by atoms with Gasteiger partial charge in [-0.25, -0.2) is 0 Å². The van der Waals surface area contributed by atoms with Crippen LogP contribution in [0.3, 0.4) is 0 Å². The molecule has 0 aromatic carbocycles. The fourth-order valence-electron chi connectivity index (χ4n) is 2.19. The summed E-state index contributed by atoms with van der Waals surface area (Å²) in [5, 5.41) is 11.6. The van der Waals surface area contributed by atoms with E-state index >= 15 is 0 Å². The van der Waals surface area contributed by atoms with Crippen LogP contribution < -0.4 is 10.9 Å². The molecule has 2 rings (SSSR count). The Labute approximate surface area is 124 Å². The van der Waals surface area contributed by atoms with Crippen LogP contribution in [0.15, 0.2) is 23.1 Å². The average molecular weight is 313 g/mol. The van der Waals surface area contributed by atoms with Gasteiger partial charge in [-0.15, -0.1) is 0 Å². The molecule has 1 fully saturated rings. The van der Waals surface area contributed by atoms with Gasteiger partial charge in [0.15, 0.2) is 0 Å². The summed E-state index contributed by atoms with van der Waals surface area (Å²) >= 11 is 0. The highest BCUT2D eigenvalue weighted by Gasteiger charge is 2.43. The van der Waals surface area contributed by atoms with E-state index in [0.717, 1.165) is 18.9 Å². The molecule has 0 bridgehead atoms. The van der Waals surface area contributed by atoms with Crippen LogP contribution in [0.2, 0.25) is 0 Å². The average Bonchev–Trinajstić information content (AvgIpc) is 3.24. The Balaban J connectivity index is 2.15. The van der Waals surface area contributed by atoms with Crippen LogP contribution in [-0.2, 0) is 17.5 Å². The molecule has 22 heavy (non-hydrogen) atoms. The number of rotatable bonds is 4. The molecule has 1 aliphatic carbocycles. The van der Waals surface area contributed by atoms with Crippen LogP contribution >= 0.6 is 0 Å². The zero-order chi connectivity index (χ0) is 16.5. The van der Waals surface area contributed by atoms with E-state index in [4.69, 9.17) is 5.26 Å². The number of pyridine rings is 1. The zero-order valence-electron chi connectivity index (χ0n) is 11.8. The first-order chi connectivity index (χ1) is 10.2. The molecule has 1 atom stereocenters. The van der Waals surface area contributed by atoms with Crippen LogP contribution in [0.25, 0.3) is 0 Å². The van der Waals surface area contributed by atoms with Crippen molar-refractivity contribution < 1.29 is 18.0 Å². The number of nitriles is 1. The monoisotopic (exact) mass is 313 g/mol. The summed E-state index contributed by atoms with van der Waals surface area (Å²) in [6.07, 6.45) is -2.37. The number of aromatic nitrogens is 1. The minimum absolute atomic E-state index is 0.0414. The second kappa shape index (κ2) is 5.48. The minimum Gasteiger partial charge on any atom is -0.336 e. The first kappa shape index (κ1) is 16.1. The van der Waals surface area contributed by atoms with Gasteiger partial charge in [0.25, 0.3) is 5.56 Å². The van der Waals surface area contributed by atoms with Crippen molar-refractivity contribution in [3.63, 3.8) is 0 Å². The van der Waals surface area contributed by atoms with Crippen molar-refractivity contribution in [3.05, 3.63) is 34.2 Å². The highest BCUT2D eigenvalue weighted by Crippen LogP contribution is 2.39. The number of nitrogens with one attached hydrogen (secondary N) is 1. The molecule has 1 aliphatic rings. The molecule has 1 aromatic heterocycles. The number of carbonyl (C=O) groups excluding carboxylic acids is 1. The zero-order valence-corrected chi connectivity index (χ0v) is 11.8. The van der Waals surface area contributed by atoms with Gasteiger partial charge in [-0.3, -0.25) is 9.59 Å². The predicted molar refractivity (Wildman–Crippen MR) is 70.6 cm³/mol. The lowest BCUT2D eigenvalue weighted by Crippen LogP contribution is -2.48. The lowest BCUT2D eigenvalue weighted by molar-refractivity contribution is -0.138. The molecule has 0 saturated heterocycles. The Bertz CT molecular complexity index is 686. The van der Waals surface area contributed by atoms with Crippen LogP contribution in [0, 0.1) is 17.2 Å². The van der Waals surface area contributed by atoms with E-state index < -0.39 is 35.3 Å². The van der Waals surface area contributed by atoms with Gasteiger partial charge in [-0.1, -0.05) is 0 Å². The molecule has 1 amide bonds. The van der Waals surface area contributed by atoms with Gasteiger partial charge in [0.05, 0.1) is 11.6 Å². The Hall–Kier alpha value is -2.30. The Kier molecular flexibility index (Phi) is 4.00. The molecule has 8 heteroatoms. The van der Waals surface area contributed by atoms with Crippen molar-refractivity contribution >= 4 is 5.91 Å². The van der Waals surface area contributed by atoms with Crippen molar-refractivity contribution in [2.45, 2.75) is 38.0 Å². The molecule has 1 heterocycles. The van der Waals surface area contributed by atoms with Crippen molar-refractivity contribution in [2.24, 2.45) is 5.92 Å². The van der Waals surface area contributed by atoms with Gasteiger partial charge in [0, 0.05) is 12.3 Å². The highest BCUT2D eigenvalue weighted by molar-refractivity contribution is 5.77. The molecule has 1 N–H and O–H groups in total. The predicted octanol–water partition coefficient (Wildman–Crippen LogP) is 1.68. The third-order valence-electron chi connectivity index (χ3n) is 3.65. The number of nitrogens with zero attached hydrogens (tertiary/aromatic N) is 2. The van der Waals surface area contributed by atoms with Gasteiger partial charge in [0.2, 0.25) is 5.91 Å². The second-order valence-corrected chi connectivity index (χ2v) is 5.52. The van der Waals surface area contributed by atoms with Crippen LogP contribution in [0.5, 0.6) is 0 Å². The number of hydrogen-bond acceptors (Lipinski definition) is 3. The normalized spacial score (nSPS) is 17.4. The number of alkyl halides is 3. The largest absolute Gasteiger partial charge is 0.417 e. The summed E-state index contributed by atoms with van der Waals surface area (Å²) in [5.74, 6) is -0.628. The third kappa shape index (κ3) is 3.47. The van der Waals surface area contributed by atoms with Crippen molar-refractivity contribution in [1.82, 2.24) is 9.88 Å². The van der Waals surface area contributed by atoms with E-state index in [1.807, 2.05) is 6.07 Å². The molecular weight excluding hydrogens is 299 g/mol. The van der Waals surface area contributed by atoms with Crippen molar-refractivity contribution in [3.8, 4) is 6.07 Å². The molecule has 0 spiro atoms. The van der Waals surface area contributed by atoms with E-state index in [2.05, 4.69) is 5.32 Å². The maximum atomic E-state index is 12.6. The summed E-state index contributed by atoms with van der Waals surface area (Å²) in [7, 11) is 0. The number of amides is 1. The lowest BCUT2D eigenvalue weighted by Gasteiger charge is -2.23. The summed E-state index contributed by atoms with van der Waals surface area (Å²) < 4.78 is 38.5. The van der Waals surface area contributed by atoms with E-state index in [-0.39, 0.29) is 5.92 Å². The Morgan fingerprint density at radius 3 is 2.59 bits per heavy atom. The van der Waals surface area contributed by atoms with Gasteiger partial charge < -0.3 is 9.88 Å². The third-order valence-corrected chi connectivity index (χ3v) is 3.65. The maximum Gasteiger partial charge on any atom is 0.417 e. The minimum atomic E-state index is -4.60. The van der Waals surface area contributed by atoms with E-state index in [1.54, 1.807) is 6.92 Å². The molecular formula is C14H14F3N3O2. The first-order valence-corrected chi connectivity index (χ1v) is 6.65. The van der Waals surface area contributed by atoms with Gasteiger partial charge >= 0.3 is 6.18 Å². The number of carbonyl (C=O) groups is 1. The SMILES string of the molecule is C[C@](C#N)(NC(=O)Cn1cc(C(F)(F)F)ccc1=O)C1CC1. The first-order valence-electron chi connectivity index (χ1n) is 6.65. The van der Waals surface area contributed by atoms with E-state index in [9.17, 15) is 22.8 Å². The van der Waals surface area contributed by atoms with E-state index in [1.165, 1.54) is 0 Å². The molecule has 118 valence electrons. The van der Waals surface area contributed by atoms with E-state index in [0.29, 0.717) is 16.8 Å². The molecule has 0 radical (unpaired) electrons. The highest BCUT2D eigenvalue weighted by atomic mass is 19.4. The Morgan fingerprint density at radius 2 is 2.09 bits per heavy atom. The molecule has 0 unspecified atom stereocenters. The fraction of sp³-hybridized carbons (Fsp3) is 0.500. The standard InChI is InChI=1S/C14H14F3N3O2/c1-13(8-18,9-2-3-9)19-11(21)7-20-6-10(14(15,16)17)4-5-12(20)22/h4-6,9H,2-3,7H2,1H3,(H,19,21)/t13-/m1/s1. The van der Waals surface area contributed by atoms with Crippen molar-refractivity contribution in [2.75, 3.05) is 0 Å². The maximum absolute atomic E-state index is 12.6. The summed E-state index contributed by atoms with van der Waals surface area (Å²) in [5.41, 5.74) is -2.78. The van der Waals surface area contributed by atoms with Crippen molar-refractivity contribution in [1.29, 1.82) is 5.26 Å². The fourth-order valence-corrected chi connectivity index (χ4v) is 2.19. The Morgan fingerprint density at radius 1 is 1.45 bits per heavy atom. The van der Waals surface area contributed by atoms with Gasteiger partial charge in [0.1, 0.15) is 12.1 Å². The topological polar surface area (TPSA) is 74.9 Å². The summed E-state index contributed by atoms with van der Waals surface area (Å²) in [4.78, 5) is 23.5. The molecule has 0 aliphatic heterocycles. The summed E-state index contributed by atoms with van der Waals surface area (Å²) in [6, 6.07) is 3.44. The molecule has 1 aromatic rings. The molecule has 1 saturated carbocycles. The van der Waals surface area contributed by atoms with Gasteiger partial charge in [-0.2, -0.15) is 18.4 Å². The van der Waals surface area contributed by atoms with Crippen LogP contribution in [-0.4, -0.2) is 16.0 Å². The lowest BCUT2D eigenvalue weighted by atomic mass is 9.98. The van der Waals surface area contributed by atoms with Crippen LogP contribution in [0.1, 0.15) is 25.3 Å². The quantitative estimate of drug-likeness (QED) is 0.919. The summed E-state index contributed by atoms with van der Waals surface area (Å²) in [6.45, 7) is 1.00. The second-order valence-electron chi connectivity index (χ2n) is 5.52. The molecule has 5 nitrogen and oxygen atoms in total.